The number of hydrogen-bond acceptors (Lipinski definition) is 4. The molecule has 112 valence electrons. The largest absolute Gasteiger partial charge is 0.496 e. The molecule has 21 heavy (non-hydrogen) atoms. The van der Waals surface area contributed by atoms with Crippen LogP contribution in [0.1, 0.15) is 11.1 Å². The fourth-order valence-electron chi connectivity index (χ4n) is 2.17. The Morgan fingerprint density at radius 3 is 2.38 bits per heavy atom. The van der Waals surface area contributed by atoms with Crippen molar-refractivity contribution in [2.75, 3.05) is 14.2 Å². The summed E-state index contributed by atoms with van der Waals surface area (Å²) in [5.74, 6) is 1.44. The second-order valence-corrected chi connectivity index (χ2v) is 5.70. The minimum Gasteiger partial charge on any atom is -0.496 e. The second-order valence-electron chi connectivity index (χ2n) is 4.85. The summed E-state index contributed by atoms with van der Waals surface area (Å²) in [6.07, 6.45) is 3.39. The van der Waals surface area contributed by atoms with E-state index in [1.165, 1.54) is 5.56 Å². The molecule has 1 unspecified atom stereocenters. The Bertz CT molecular complexity index is 587. The molecule has 0 aliphatic carbocycles. The monoisotopic (exact) mass is 350 g/mol. The van der Waals surface area contributed by atoms with Crippen LogP contribution in [0.5, 0.6) is 11.6 Å². The molecule has 0 amide bonds. The third-order valence-corrected chi connectivity index (χ3v) is 3.84. The van der Waals surface area contributed by atoms with E-state index in [0.717, 1.165) is 28.6 Å². The lowest BCUT2D eigenvalue weighted by Crippen LogP contribution is -2.25. The first-order valence-corrected chi connectivity index (χ1v) is 7.48. The Morgan fingerprint density at radius 1 is 1.10 bits per heavy atom. The Morgan fingerprint density at radius 2 is 1.81 bits per heavy atom. The van der Waals surface area contributed by atoms with Crippen LogP contribution >= 0.6 is 15.9 Å². The molecule has 0 saturated carbocycles. The van der Waals surface area contributed by atoms with E-state index in [1.807, 2.05) is 36.5 Å². The van der Waals surface area contributed by atoms with Gasteiger partial charge in [-0.25, -0.2) is 4.98 Å². The summed E-state index contributed by atoms with van der Waals surface area (Å²) in [5.41, 5.74) is 8.51. The van der Waals surface area contributed by atoms with E-state index in [9.17, 15) is 0 Å². The number of ether oxygens (including phenoxy) is 2. The van der Waals surface area contributed by atoms with Gasteiger partial charge in [0, 0.05) is 18.3 Å². The summed E-state index contributed by atoms with van der Waals surface area (Å²) in [4.78, 5) is 4.19. The lowest BCUT2D eigenvalue weighted by atomic mass is 10.0. The van der Waals surface area contributed by atoms with E-state index in [4.69, 9.17) is 15.2 Å². The lowest BCUT2D eigenvalue weighted by molar-refractivity contribution is 0.397. The molecular formula is C16H19BrN2O2. The van der Waals surface area contributed by atoms with Gasteiger partial charge in [-0.15, -0.1) is 0 Å². The fraction of sp³-hybridized carbons (Fsp3) is 0.312. The molecular weight excluding hydrogens is 332 g/mol. The number of nitrogens with two attached hydrogens (primary N) is 1. The van der Waals surface area contributed by atoms with Crippen molar-refractivity contribution < 1.29 is 9.47 Å². The van der Waals surface area contributed by atoms with Crippen molar-refractivity contribution in [3.8, 4) is 11.6 Å². The van der Waals surface area contributed by atoms with Crippen molar-refractivity contribution >= 4 is 15.9 Å². The van der Waals surface area contributed by atoms with Crippen LogP contribution in [-0.2, 0) is 12.8 Å². The minimum absolute atomic E-state index is 0.0421. The van der Waals surface area contributed by atoms with E-state index in [1.54, 1.807) is 14.2 Å². The zero-order chi connectivity index (χ0) is 15.2. The van der Waals surface area contributed by atoms with Gasteiger partial charge < -0.3 is 15.2 Å². The predicted molar refractivity (Wildman–Crippen MR) is 86.9 cm³/mol. The van der Waals surface area contributed by atoms with Crippen LogP contribution in [0.15, 0.2) is 41.0 Å². The molecule has 0 fully saturated rings. The van der Waals surface area contributed by atoms with Crippen LogP contribution in [-0.4, -0.2) is 25.2 Å². The van der Waals surface area contributed by atoms with Crippen LogP contribution in [0.3, 0.4) is 0 Å². The zero-order valence-corrected chi connectivity index (χ0v) is 13.8. The maximum Gasteiger partial charge on any atom is 0.212 e. The maximum absolute atomic E-state index is 6.22. The number of rotatable bonds is 6. The molecule has 1 aromatic carbocycles. The Kier molecular flexibility index (Phi) is 5.59. The number of halogens is 1. The van der Waals surface area contributed by atoms with Crippen molar-refractivity contribution in [1.29, 1.82) is 0 Å². The van der Waals surface area contributed by atoms with Gasteiger partial charge in [0.05, 0.1) is 18.7 Å². The minimum atomic E-state index is 0.0421. The third kappa shape index (κ3) is 4.44. The molecule has 0 radical (unpaired) electrons. The van der Waals surface area contributed by atoms with E-state index in [0.29, 0.717) is 5.88 Å². The number of hydrogen-bond donors (Lipinski definition) is 1. The number of aromatic nitrogens is 1. The molecule has 1 aromatic heterocycles. The molecule has 0 spiro atoms. The van der Waals surface area contributed by atoms with Gasteiger partial charge in [0.15, 0.2) is 0 Å². The van der Waals surface area contributed by atoms with Crippen molar-refractivity contribution in [3.63, 3.8) is 0 Å². The van der Waals surface area contributed by atoms with Crippen molar-refractivity contribution in [1.82, 2.24) is 4.98 Å². The molecule has 0 saturated heterocycles. The summed E-state index contributed by atoms with van der Waals surface area (Å²) in [7, 11) is 3.26. The SMILES string of the molecule is COc1ccc(CC(N)Cc2ccc(OC)c(Br)c2)cn1. The van der Waals surface area contributed by atoms with Gasteiger partial charge in [-0.1, -0.05) is 12.1 Å². The lowest BCUT2D eigenvalue weighted by Gasteiger charge is -2.13. The highest BCUT2D eigenvalue weighted by Gasteiger charge is 2.08. The van der Waals surface area contributed by atoms with E-state index in [-0.39, 0.29) is 6.04 Å². The number of nitrogens with zero attached hydrogens (tertiary/aromatic N) is 1. The fourth-order valence-corrected chi connectivity index (χ4v) is 2.76. The summed E-state index contributed by atoms with van der Waals surface area (Å²) in [6, 6.07) is 9.92. The molecule has 1 heterocycles. The molecule has 2 N–H and O–H groups in total. The van der Waals surface area contributed by atoms with Gasteiger partial charge in [0.1, 0.15) is 5.75 Å². The highest BCUT2D eigenvalue weighted by Crippen LogP contribution is 2.26. The molecule has 0 aliphatic rings. The average Bonchev–Trinajstić information content (AvgIpc) is 2.48. The van der Waals surface area contributed by atoms with E-state index >= 15 is 0 Å². The highest BCUT2D eigenvalue weighted by molar-refractivity contribution is 9.10. The first-order valence-electron chi connectivity index (χ1n) is 6.69. The third-order valence-electron chi connectivity index (χ3n) is 3.22. The normalized spacial score (nSPS) is 12.0. The molecule has 4 nitrogen and oxygen atoms in total. The molecule has 0 aliphatic heterocycles. The first kappa shape index (κ1) is 15.8. The number of methoxy groups -OCH3 is 2. The number of pyridine rings is 1. The molecule has 5 heteroatoms. The Labute approximate surface area is 133 Å². The van der Waals surface area contributed by atoms with Crippen LogP contribution in [0, 0.1) is 0 Å². The van der Waals surface area contributed by atoms with Crippen LogP contribution < -0.4 is 15.2 Å². The average molecular weight is 351 g/mol. The summed E-state index contributed by atoms with van der Waals surface area (Å²) in [5, 5.41) is 0. The van der Waals surface area contributed by atoms with Crippen molar-refractivity contribution in [2.24, 2.45) is 5.73 Å². The molecule has 2 aromatic rings. The van der Waals surface area contributed by atoms with Gasteiger partial charge in [0.2, 0.25) is 5.88 Å². The maximum atomic E-state index is 6.22. The summed E-state index contributed by atoms with van der Waals surface area (Å²) < 4.78 is 11.2. The van der Waals surface area contributed by atoms with Gasteiger partial charge in [-0.05, 0) is 52.0 Å². The van der Waals surface area contributed by atoms with Crippen LogP contribution in [0.2, 0.25) is 0 Å². The molecule has 1 atom stereocenters. The Balaban J connectivity index is 1.97. The predicted octanol–water partition coefficient (Wildman–Crippen LogP) is 2.97. The van der Waals surface area contributed by atoms with Crippen LogP contribution in [0.4, 0.5) is 0 Å². The highest BCUT2D eigenvalue weighted by atomic mass is 79.9. The van der Waals surface area contributed by atoms with Gasteiger partial charge in [-0.3, -0.25) is 0 Å². The smallest absolute Gasteiger partial charge is 0.212 e. The van der Waals surface area contributed by atoms with Gasteiger partial charge in [0.25, 0.3) is 0 Å². The topological polar surface area (TPSA) is 57.4 Å². The molecule has 2 rings (SSSR count). The quantitative estimate of drug-likeness (QED) is 0.869. The first-order chi connectivity index (χ1) is 10.1. The van der Waals surface area contributed by atoms with Gasteiger partial charge >= 0.3 is 0 Å². The van der Waals surface area contributed by atoms with E-state index < -0.39 is 0 Å². The number of benzene rings is 1. The summed E-state index contributed by atoms with van der Waals surface area (Å²) >= 11 is 3.49. The zero-order valence-electron chi connectivity index (χ0n) is 12.2. The van der Waals surface area contributed by atoms with Crippen LogP contribution in [0.25, 0.3) is 0 Å². The second kappa shape index (κ2) is 7.43. The van der Waals surface area contributed by atoms with E-state index in [2.05, 4.69) is 20.9 Å². The van der Waals surface area contributed by atoms with Gasteiger partial charge in [-0.2, -0.15) is 0 Å². The van der Waals surface area contributed by atoms with Crippen molar-refractivity contribution in [2.45, 2.75) is 18.9 Å². The summed E-state index contributed by atoms with van der Waals surface area (Å²) in [6.45, 7) is 0. The van der Waals surface area contributed by atoms with Crippen molar-refractivity contribution in [3.05, 3.63) is 52.1 Å². The molecule has 0 bridgehead atoms. The standard InChI is InChI=1S/C16H19BrN2O2/c1-20-15-5-3-11(9-14(15)17)7-13(18)8-12-4-6-16(21-2)19-10-12/h3-6,9-10,13H,7-8,18H2,1-2H3. The Hall–Kier alpha value is -1.59.